The van der Waals surface area contributed by atoms with E-state index in [0.717, 1.165) is 25.9 Å². The Hall–Kier alpha value is 0.0569. The lowest BCUT2D eigenvalue weighted by Gasteiger charge is -2.20. The molecule has 4 nitrogen and oxygen atoms in total. The van der Waals surface area contributed by atoms with Gasteiger partial charge < -0.3 is 14.4 Å². The van der Waals surface area contributed by atoms with Gasteiger partial charge in [-0.3, -0.25) is 5.32 Å². The SMILES string of the molecule is CCCN[SiH](NCCC)OCNC1CCCC1. The molecule has 0 atom stereocenters. The third kappa shape index (κ3) is 7.16. The number of hydrogen-bond acceptors (Lipinski definition) is 4. The van der Waals surface area contributed by atoms with Crippen LogP contribution >= 0.6 is 0 Å². The van der Waals surface area contributed by atoms with E-state index in [1.807, 2.05) is 0 Å². The molecule has 0 aromatic heterocycles. The van der Waals surface area contributed by atoms with Gasteiger partial charge in [0.1, 0.15) is 0 Å². The van der Waals surface area contributed by atoms with E-state index in [4.69, 9.17) is 4.43 Å². The zero-order valence-corrected chi connectivity index (χ0v) is 12.6. The molecule has 1 aliphatic carbocycles. The highest BCUT2D eigenvalue weighted by molar-refractivity contribution is 6.45. The normalized spacial score (nSPS) is 17.1. The summed E-state index contributed by atoms with van der Waals surface area (Å²) in [7, 11) is -1.39. The van der Waals surface area contributed by atoms with Gasteiger partial charge in [-0.1, -0.05) is 26.7 Å². The predicted octanol–water partition coefficient (Wildman–Crippen LogP) is 1.21. The van der Waals surface area contributed by atoms with E-state index < -0.39 is 9.36 Å². The fourth-order valence-corrected chi connectivity index (χ4v) is 3.86. The van der Waals surface area contributed by atoms with Crippen molar-refractivity contribution in [3.63, 3.8) is 0 Å². The zero-order chi connectivity index (χ0) is 12.3. The summed E-state index contributed by atoms with van der Waals surface area (Å²) in [6, 6.07) is 0.696. The second kappa shape index (κ2) is 10.0. The van der Waals surface area contributed by atoms with Crippen LogP contribution in [0.1, 0.15) is 52.4 Å². The minimum Gasteiger partial charge on any atom is -0.381 e. The molecule has 3 N–H and O–H groups in total. The summed E-state index contributed by atoms with van der Waals surface area (Å²) in [4.78, 5) is 6.99. The molecule has 0 aromatic carbocycles. The molecule has 1 aliphatic rings. The Balaban J connectivity index is 2.08. The first-order chi connectivity index (χ1) is 8.36. The van der Waals surface area contributed by atoms with E-state index >= 15 is 0 Å². The van der Waals surface area contributed by atoms with E-state index in [2.05, 4.69) is 29.1 Å². The van der Waals surface area contributed by atoms with Crippen LogP contribution in [-0.2, 0) is 4.43 Å². The van der Waals surface area contributed by atoms with E-state index in [0.29, 0.717) is 12.8 Å². The first-order valence-electron chi connectivity index (χ1n) is 7.18. The van der Waals surface area contributed by atoms with Crippen LogP contribution in [0.15, 0.2) is 0 Å². The number of hydrogen-bond donors (Lipinski definition) is 3. The van der Waals surface area contributed by atoms with Gasteiger partial charge in [-0.2, -0.15) is 0 Å². The smallest absolute Gasteiger partial charge is 0.336 e. The highest BCUT2D eigenvalue weighted by atomic mass is 28.3. The number of rotatable bonds is 10. The molecule has 102 valence electrons. The van der Waals surface area contributed by atoms with Crippen molar-refractivity contribution >= 4 is 9.36 Å². The standard InChI is InChI=1S/C12H29N3OSi/c1-3-9-14-17(15-10-4-2)16-11-13-12-7-5-6-8-12/h12-15,17H,3-11H2,1-2H3. The third-order valence-corrected chi connectivity index (χ3v) is 4.96. The van der Waals surface area contributed by atoms with Crippen molar-refractivity contribution < 1.29 is 4.43 Å². The average Bonchev–Trinajstić information content (AvgIpc) is 2.85. The first kappa shape index (κ1) is 15.1. The Morgan fingerprint density at radius 1 is 1.06 bits per heavy atom. The Labute approximate surface area is 108 Å². The topological polar surface area (TPSA) is 45.3 Å². The molecule has 0 bridgehead atoms. The Bertz CT molecular complexity index is 169. The molecule has 5 heteroatoms. The Morgan fingerprint density at radius 2 is 1.65 bits per heavy atom. The van der Waals surface area contributed by atoms with E-state index in [1.54, 1.807) is 0 Å². The van der Waals surface area contributed by atoms with Gasteiger partial charge in [-0.15, -0.1) is 0 Å². The monoisotopic (exact) mass is 259 g/mol. The fourth-order valence-electron chi connectivity index (χ4n) is 2.12. The molecule has 1 rings (SSSR count). The summed E-state index contributed by atoms with van der Waals surface area (Å²) in [6.07, 6.45) is 7.72. The third-order valence-electron chi connectivity index (χ3n) is 3.14. The van der Waals surface area contributed by atoms with Crippen LogP contribution < -0.4 is 15.3 Å². The van der Waals surface area contributed by atoms with Gasteiger partial charge in [0.05, 0.1) is 6.73 Å². The maximum atomic E-state index is 5.91. The molecule has 0 saturated heterocycles. The summed E-state index contributed by atoms with van der Waals surface area (Å²) in [5, 5.41) is 3.50. The molecule has 0 radical (unpaired) electrons. The molecule has 0 unspecified atom stereocenters. The summed E-state index contributed by atoms with van der Waals surface area (Å²) >= 11 is 0. The van der Waals surface area contributed by atoms with Gasteiger partial charge in [0.2, 0.25) is 0 Å². The minimum absolute atomic E-state index is 0.696. The highest BCUT2D eigenvalue weighted by Crippen LogP contribution is 2.17. The van der Waals surface area contributed by atoms with Gasteiger partial charge >= 0.3 is 9.36 Å². The molecule has 0 heterocycles. The van der Waals surface area contributed by atoms with Crippen molar-refractivity contribution in [1.29, 1.82) is 0 Å². The van der Waals surface area contributed by atoms with Crippen LogP contribution in [0.4, 0.5) is 0 Å². The molecule has 0 amide bonds. The fraction of sp³-hybridized carbons (Fsp3) is 1.00. The summed E-state index contributed by atoms with van der Waals surface area (Å²) in [6.45, 7) is 7.19. The second-order valence-corrected chi connectivity index (χ2v) is 6.69. The van der Waals surface area contributed by atoms with Gasteiger partial charge in [0.15, 0.2) is 0 Å². The first-order valence-corrected chi connectivity index (χ1v) is 8.81. The van der Waals surface area contributed by atoms with Gasteiger partial charge in [0.25, 0.3) is 0 Å². The van der Waals surface area contributed by atoms with Crippen LogP contribution in [0, 0.1) is 0 Å². The van der Waals surface area contributed by atoms with Crippen LogP contribution in [0.25, 0.3) is 0 Å². The predicted molar refractivity (Wildman–Crippen MR) is 75.1 cm³/mol. The van der Waals surface area contributed by atoms with Gasteiger partial charge in [0, 0.05) is 6.04 Å². The largest absolute Gasteiger partial charge is 0.381 e. The molecule has 0 aromatic rings. The van der Waals surface area contributed by atoms with Gasteiger partial charge in [-0.05, 0) is 38.8 Å². The zero-order valence-electron chi connectivity index (χ0n) is 11.4. The Morgan fingerprint density at radius 3 is 2.18 bits per heavy atom. The summed E-state index contributed by atoms with van der Waals surface area (Å²) in [5.41, 5.74) is 0. The van der Waals surface area contributed by atoms with Crippen molar-refractivity contribution in [3.05, 3.63) is 0 Å². The molecule has 0 aliphatic heterocycles. The van der Waals surface area contributed by atoms with Crippen molar-refractivity contribution in [2.75, 3.05) is 19.8 Å². The molecule has 1 saturated carbocycles. The van der Waals surface area contributed by atoms with Crippen LogP contribution in [-0.4, -0.2) is 35.2 Å². The summed E-state index contributed by atoms with van der Waals surface area (Å²) in [5.74, 6) is 0. The van der Waals surface area contributed by atoms with E-state index in [-0.39, 0.29) is 0 Å². The van der Waals surface area contributed by atoms with Gasteiger partial charge in [-0.25, -0.2) is 0 Å². The molecule has 0 spiro atoms. The van der Waals surface area contributed by atoms with Crippen molar-refractivity contribution in [3.8, 4) is 0 Å². The van der Waals surface area contributed by atoms with Crippen LogP contribution in [0.2, 0.25) is 0 Å². The van der Waals surface area contributed by atoms with Crippen molar-refractivity contribution in [2.45, 2.75) is 58.4 Å². The maximum absolute atomic E-state index is 5.91. The van der Waals surface area contributed by atoms with Crippen LogP contribution in [0.3, 0.4) is 0 Å². The molecule has 17 heavy (non-hydrogen) atoms. The van der Waals surface area contributed by atoms with E-state index in [9.17, 15) is 0 Å². The van der Waals surface area contributed by atoms with Crippen molar-refractivity contribution in [2.24, 2.45) is 0 Å². The molecule has 1 fully saturated rings. The maximum Gasteiger partial charge on any atom is 0.336 e. The lowest BCUT2D eigenvalue weighted by atomic mass is 10.3. The summed E-state index contributed by atoms with van der Waals surface area (Å²) < 4.78 is 5.91. The number of nitrogens with one attached hydrogen (secondary N) is 3. The average molecular weight is 259 g/mol. The quantitative estimate of drug-likeness (QED) is 0.408. The lowest BCUT2D eigenvalue weighted by molar-refractivity contribution is 0.251. The Kier molecular flexibility index (Phi) is 8.91. The van der Waals surface area contributed by atoms with Crippen LogP contribution in [0.5, 0.6) is 0 Å². The van der Waals surface area contributed by atoms with E-state index in [1.165, 1.54) is 25.7 Å². The highest BCUT2D eigenvalue weighted by Gasteiger charge is 2.15. The minimum atomic E-state index is -1.39. The second-order valence-electron chi connectivity index (χ2n) is 4.78. The molecular weight excluding hydrogens is 230 g/mol. The van der Waals surface area contributed by atoms with Crippen molar-refractivity contribution in [1.82, 2.24) is 15.3 Å². The molecular formula is C12H29N3OSi. The lowest BCUT2D eigenvalue weighted by Crippen LogP contribution is -2.52.